The molecule has 1 aliphatic carbocycles. The quantitative estimate of drug-likeness (QED) is 0.494. The maximum Gasteiger partial charge on any atom is 0.407 e. The molecule has 0 aliphatic heterocycles. The molecule has 10 heteroatoms. The van der Waals surface area contributed by atoms with Crippen LogP contribution in [-0.4, -0.2) is 28.4 Å². The molecule has 0 saturated heterocycles. The van der Waals surface area contributed by atoms with Crippen molar-refractivity contribution < 1.29 is 14.3 Å². The van der Waals surface area contributed by atoms with Gasteiger partial charge in [0.15, 0.2) is 0 Å². The topological polar surface area (TPSA) is 109 Å². The Morgan fingerprint density at radius 1 is 1.42 bits per heavy atom. The zero-order chi connectivity index (χ0) is 23.2. The number of carbonyl (C=O) groups is 2. The molecule has 2 N–H and O–H groups in total. The Kier molecular flexibility index (Phi) is 7.22. The second kappa shape index (κ2) is 10.5. The molecule has 33 heavy (non-hydrogen) atoms. The highest BCUT2D eigenvalue weighted by Crippen LogP contribution is 2.39. The fourth-order valence-corrected chi connectivity index (χ4v) is 5.62. The van der Waals surface area contributed by atoms with Crippen LogP contribution >= 0.6 is 22.7 Å². The Bertz CT molecular complexity index is 1200. The summed E-state index contributed by atoms with van der Waals surface area (Å²) in [6, 6.07) is 7.94. The monoisotopic (exact) mass is 481 g/mol. The Balaban J connectivity index is 1.31. The van der Waals surface area contributed by atoms with E-state index in [4.69, 9.17) is 4.74 Å². The number of alkyl carbamates (subject to hydrolysis) is 1. The van der Waals surface area contributed by atoms with Crippen LogP contribution in [0.2, 0.25) is 0 Å². The average Bonchev–Trinajstić information content (AvgIpc) is 3.54. The lowest BCUT2D eigenvalue weighted by molar-refractivity contribution is -0.111. The van der Waals surface area contributed by atoms with Crippen LogP contribution in [0.15, 0.2) is 35.9 Å². The van der Waals surface area contributed by atoms with Gasteiger partial charge in [0.2, 0.25) is 5.91 Å². The largest absolute Gasteiger partial charge is 0.449 e. The number of ether oxygens (including phenoxy) is 1. The van der Waals surface area contributed by atoms with Crippen LogP contribution in [-0.2, 0) is 36.0 Å². The molecule has 0 aromatic carbocycles. The Labute approximate surface area is 199 Å². The molecule has 4 rings (SSSR count). The predicted molar refractivity (Wildman–Crippen MR) is 128 cm³/mol. The van der Waals surface area contributed by atoms with Gasteiger partial charge in [-0.3, -0.25) is 9.48 Å². The number of hydrogen-bond donors (Lipinski definition) is 2. The van der Waals surface area contributed by atoms with E-state index >= 15 is 0 Å². The van der Waals surface area contributed by atoms with Crippen molar-refractivity contribution >= 4 is 45.8 Å². The molecule has 0 fully saturated rings. The summed E-state index contributed by atoms with van der Waals surface area (Å²) in [7, 11) is 1.81. The Morgan fingerprint density at radius 2 is 2.30 bits per heavy atom. The molecule has 0 radical (unpaired) electrons. The highest BCUT2D eigenvalue weighted by molar-refractivity contribution is 7.16. The second-order valence-corrected chi connectivity index (χ2v) is 9.75. The number of carbonyl (C=O) groups excluding carboxylic acids is 2. The summed E-state index contributed by atoms with van der Waals surface area (Å²) < 4.78 is 7.11. The Morgan fingerprint density at radius 3 is 3.03 bits per heavy atom. The van der Waals surface area contributed by atoms with Crippen LogP contribution in [0.3, 0.4) is 0 Å². The summed E-state index contributed by atoms with van der Waals surface area (Å²) >= 11 is 2.98. The van der Waals surface area contributed by atoms with E-state index < -0.39 is 6.09 Å². The molecular weight excluding hydrogens is 458 g/mol. The van der Waals surface area contributed by atoms with Crippen LogP contribution in [0.5, 0.6) is 0 Å². The van der Waals surface area contributed by atoms with Gasteiger partial charge >= 0.3 is 6.09 Å². The van der Waals surface area contributed by atoms with Gasteiger partial charge in [0.05, 0.1) is 24.4 Å². The van der Waals surface area contributed by atoms with Crippen LogP contribution in [0.1, 0.15) is 33.0 Å². The van der Waals surface area contributed by atoms with E-state index in [0.29, 0.717) is 30.1 Å². The molecule has 2 amide bonds. The first-order valence-electron chi connectivity index (χ1n) is 10.5. The lowest BCUT2D eigenvalue weighted by Crippen LogP contribution is -2.28. The molecule has 3 aromatic rings. The smallest absolute Gasteiger partial charge is 0.407 e. The number of aromatic nitrogens is 2. The highest BCUT2D eigenvalue weighted by Gasteiger charge is 2.27. The minimum Gasteiger partial charge on any atom is -0.449 e. The van der Waals surface area contributed by atoms with Crippen LogP contribution in [0.25, 0.3) is 6.08 Å². The highest BCUT2D eigenvalue weighted by atomic mass is 32.1. The molecular formula is C23H23N5O3S2. The number of hydrogen-bond acceptors (Lipinski definition) is 7. The minimum atomic E-state index is -0.462. The van der Waals surface area contributed by atoms with Crippen molar-refractivity contribution in [1.29, 1.82) is 5.26 Å². The molecule has 3 aromatic heterocycles. The fraction of sp³-hybridized carbons (Fsp3) is 0.304. The van der Waals surface area contributed by atoms with Gasteiger partial charge in [0, 0.05) is 29.1 Å². The number of thiophene rings is 2. The summed E-state index contributed by atoms with van der Waals surface area (Å²) in [5, 5.41) is 21.8. The number of rotatable bonds is 7. The summed E-state index contributed by atoms with van der Waals surface area (Å²) in [5.74, 6) is -0.0871. The van der Waals surface area contributed by atoms with Gasteiger partial charge in [0.1, 0.15) is 11.1 Å². The molecule has 0 saturated carbocycles. The standard InChI is InChI=1S/C23H23N5O3S2/c1-28-16(8-9-26-28)13-25-23(30)31-14-15-4-6-18-19(12-24)22(33-20(18)11-15)27-21(29)7-5-17-3-2-10-32-17/h2-3,5,7-10,15H,4,6,11,13-14H2,1H3,(H,25,30)(H,27,29). The Hall–Kier alpha value is -3.42. The summed E-state index contributed by atoms with van der Waals surface area (Å²) in [4.78, 5) is 26.4. The average molecular weight is 482 g/mol. The van der Waals surface area contributed by atoms with E-state index in [9.17, 15) is 14.9 Å². The van der Waals surface area contributed by atoms with Crippen LogP contribution in [0, 0.1) is 17.2 Å². The normalized spacial score (nSPS) is 15.1. The maximum absolute atomic E-state index is 12.3. The summed E-state index contributed by atoms with van der Waals surface area (Å²) in [6.45, 7) is 0.659. The van der Waals surface area contributed by atoms with Gasteiger partial charge in [-0.25, -0.2) is 4.79 Å². The van der Waals surface area contributed by atoms with E-state index in [1.54, 1.807) is 28.3 Å². The second-order valence-electron chi connectivity index (χ2n) is 7.66. The third-order valence-electron chi connectivity index (χ3n) is 5.44. The van der Waals surface area contributed by atoms with Crippen LogP contribution < -0.4 is 10.6 Å². The van der Waals surface area contributed by atoms with E-state index in [1.807, 2.05) is 30.6 Å². The number of nitrogens with one attached hydrogen (secondary N) is 2. The molecule has 1 unspecified atom stereocenters. The zero-order valence-electron chi connectivity index (χ0n) is 18.0. The molecule has 1 atom stereocenters. The van der Waals surface area contributed by atoms with Crippen molar-refractivity contribution in [2.45, 2.75) is 25.8 Å². The zero-order valence-corrected chi connectivity index (χ0v) is 19.7. The third-order valence-corrected chi connectivity index (χ3v) is 7.45. The molecule has 170 valence electrons. The lowest BCUT2D eigenvalue weighted by atomic mass is 9.88. The van der Waals surface area contributed by atoms with E-state index in [-0.39, 0.29) is 11.8 Å². The lowest BCUT2D eigenvalue weighted by Gasteiger charge is -2.21. The van der Waals surface area contributed by atoms with Crippen molar-refractivity contribution in [3.05, 3.63) is 62.4 Å². The number of anilines is 1. The molecule has 1 aliphatic rings. The number of aryl methyl sites for hydroxylation is 1. The van der Waals surface area contributed by atoms with Crippen molar-refractivity contribution in [2.24, 2.45) is 13.0 Å². The number of nitriles is 1. The van der Waals surface area contributed by atoms with E-state index in [2.05, 4.69) is 21.8 Å². The van der Waals surface area contributed by atoms with E-state index in [1.165, 1.54) is 17.4 Å². The van der Waals surface area contributed by atoms with Crippen molar-refractivity contribution in [1.82, 2.24) is 15.1 Å². The molecule has 8 nitrogen and oxygen atoms in total. The van der Waals surface area contributed by atoms with Crippen molar-refractivity contribution in [2.75, 3.05) is 11.9 Å². The fourth-order valence-electron chi connectivity index (χ4n) is 3.68. The predicted octanol–water partition coefficient (Wildman–Crippen LogP) is 4.10. The summed E-state index contributed by atoms with van der Waals surface area (Å²) in [6.07, 6.45) is 6.70. The number of nitrogens with zero attached hydrogens (tertiary/aromatic N) is 3. The third kappa shape index (κ3) is 5.69. The van der Waals surface area contributed by atoms with Gasteiger partial charge in [0.25, 0.3) is 0 Å². The first kappa shape index (κ1) is 22.8. The van der Waals surface area contributed by atoms with Crippen molar-refractivity contribution in [3.63, 3.8) is 0 Å². The number of amides is 2. The molecule has 3 heterocycles. The molecule has 0 bridgehead atoms. The van der Waals surface area contributed by atoms with Gasteiger partial charge in [-0.15, -0.1) is 22.7 Å². The van der Waals surface area contributed by atoms with Gasteiger partial charge in [-0.2, -0.15) is 10.4 Å². The first-order chi connectivity index (χ1) is 16.0. The van der Waals surface area contributed by atoms with E-state index in [0.717, 1.165) is 33.9 Å². The summed E-state index contributed by atoms with van der Waals surface area (Å²) in [5.41, 5.74) is 2.43. The van der Waals surface area contributed by atoms with Gasteiger partial charge < -0.3 is 15.4 Å². The number of fused-ring (bicyclic) bond motifs is 1. The first-order valence-corrected chi connectivity index (χ1v) is 12.2. The molecule has 0 spiro atoms. The van der Waals surface area contributed by atoms with Gasteiger partial charge in [-0.1, -0.05) is 6.07 Å². The SMILES string of the molecule is Cn1nccc1CNC(=O)OCC1CCc2c(sc(NC(=O)C=Cc3cccs3)c2C#N)C1. The minimum absolute atomic E-state index is 0.174. The van der Waals surface area contributed by atoms with Gasteiger partial charge in [-0.05, 0) is 54.3 Å². The van der Waals surface area contributed by atoms with Crippen molar-refractivity contribution in [3.8, 4) is 6.07 Å². The van der Waals surface area contributed by atoms with Crippen LogP contribution in [0.4, 0.5) is 9.80 Å². The maximum atomic E-state index is 12.3.